The van der Waals surface area contributed by atoms with Gasteiger partial charge in [-0.2, -0.15) is 4.68 Å². The number of aromatic nitrogens is 5. The Hall–Kier alpha value is -1.98. The fourth-order valence-corrected chi connectivity index (χ4v) is 1.65. The van der Waals surface area contributed by atoms with Gasteiger partial charge in [0.25, 0.3) is 0 Å². The van der Waals surface area contributed by atoms with Crippen molar-refractivity contribution in [2.45, 2.75) is 34.1 Å². The van der Waals surface area contributed by atoms with E-state index in [1.54, 1.807) is 4.68 Å². The summed E-state index contributed by atoms with van der Waals surface area (Å²) in [6.07, 6.45) is 0.740. The van der Waals surface area contributed by atoms with Gasteiger partial charge in [-0.25, -0.2) is 15.0 Å². The first kappa shape index (κ1) is 11.5. The van der Waals surface area contributed by atoms with Crippen LogP contribution in [0.25, 0.3) is 5.82 Å². The monoisotopic (exact) mass is 232 g/mol. The van der Waals surface area contributed by atoms with E-state index in [1.165, 1.54) is 0 Å². The van der Waals surface area contributed by atoms with Crippen molar-refractivity contribution >= 4 is 5.82 Å². The molecule has 0 saturated heterocycles. The molecule has 0 amide bonds. The first-order chi connectivity index (χ1) is 8.02. The number of nitrogens with zero attached hydrogens (tertiary/aromatic N) is 5. The normalized spacial score (nSPS) is 10.8. The summed E-state index contributed by atoms with van der Waals surface area (Å²) in [5, 5.41) is 4.32. The second-order valence-electron chi connectivity index (χ2n) is 3.95. The molecule has 0 unspecified atom stereocenters. The topological polar surface area (TPSA) is 82.5 Å². The molecule has 0 aromatic carbocycles. The minimum Gasteiger partial charge on any atom is -0.383 e. The average Bonchev–Trinajstić information content (AvgIpc) is 2.61. The average molecular weight is 232 g/mol. The third kappa shape index (κ3) is 1.98. The van der Waals surface area contributed by atoms with Gasteiger partial charge in [0, 0.05) is 12.0 Å². The summed E-state index contributed by atoms with van der Waals surface area (Å²) in [4.78, 5) is 12.9. The Labute approximate surface area is 99.9 Å². The molecular weight excluding hydrogens is 216 g/mol. The molecule has 0 atom stereocenters. The number of aryl methyl sites for hydroxylation is 3. The van der Waals surface area contributed by atoms with Gasteiger partial charge in [0.05, 0.1) is 0 Å². The van der Waals surface area contributed by atoms with Crippen molar-refractivity contribution in [2.75, 3.05) is 5.73 Å². The smallest absolute Gasteiger partial charge is 0.164 e. The first-order valence-electron chi connectivity index (χ1n) is 5.56. The van der Waals surface area contributed by atoms with Crippen molar-refractivity contribution in [1.29, 1.82) is 0 Å². The number of hydrogen-bond donors (Lipinski definition) is 1. The lowest BCUT2D eigenvalue weighted by Gasteiger charge is -2.09. The van der Waals surface area contributed by atoms with Crippen LogP contribution in [0.1, 0.15) is 30.0 Å². The van der Waals surface area contributed by atoms with E-state index in [0.717, 1.165) is 29.5 Å². The predicted octanol–water partition coefficient (Wildman–Crippen LogP) is 1.13. The highest BCUT2D eigenvalue weighted by Crippen LogP contribution is 2.17. The van der Waals surface area contributed by atoms with Crippen molar-refractivity contribution < 1.29 is 0 Å². The molecule has 0 aliphatic rings. The van der Waals surface area contributed by atoms with Gasteiger partial charge < -0.3 is 5.73 Å². The van der Waals surface area contributed by atoms with Gasteiger partial charge in [0.15, 0.2) is 5.82 Å². The minimum atomic E-state index is 0.499. The molecule has 2 N–H and O–H groups in total. The Morgan fingerprint density at radius 2 is 1.82 bits per heavy atom. The van der Waals surface area contributed by atoms with Crippen LogP contribution in [0.2, 0.25) is 0 Å². The van der Waals surface area contributed by atoms with Crippen LogP contribution in [0, 0.1) is 20.8 Å². The molecule has 0 fully saturated rings. The molecule has 6 heteroatoms. The minimum absolute atomic E-state index is 0.499. The van der Waals surface area contributed by atoms with E-state index in [9.17, 15) is 0 Å². The number of nitrogen functional groups attached to an aromatic ring is 1. The zero-order chi connectivity index (χ0) is 12.6. The van der Waals surface area contributed by atoms with Crippen LogP contribution in [0.5, 0.6) is 0 Å². The molecule has 2 aromatic heterocycles. The lowest BCUT2D eigenvalue weighted by Crippen LogP contribution is -2.11. The van der Waals surface area contributed by atoms with Crippen LogP contribution < -0.4 is 5.73 Å². The van der Waals surface area contributed by atoms with E-state index in [-0.39, 0.29) is 0 Å². The predicted molar refractivity (Wildman–Crippen MR) is 65.0 cm³/mol. The number of rotatable bonds is 2. The van der Waals surface area contributed by atoms with Crippen LogP contribution in [-0.2, 0) is 6.42 Å². The van der Waals surface area contributed by atoms with Gasteiger partial charge in [-0.3, -0.25) is 0 Å². The summed E-state index contributed by atoms with van der Waals surface area (Å²) < 4.78 is 1.71. The van der Waals surface area contributed by atoms with Crippen molar-refractivity contribution in [2.24, 2.45) is 0 Å². The quantitative estimate of drug-likeness (QED) is 0.839. The van der Waals surface area contributed by atoms with Crippen molar-refractivity contribution in [3.63, 3.8) is 0 Å². The Kier molecular flexibility index (Phi) is 2.79. The molecule has 17 heavy (non-hydrogen) atoms. The standard InChI is InChI=1S/C11H16N6/c1-5-9-14-10(12)6(2)11(15-9)17-8(4)13-7(3)16-17/h5H2,1-4H3,(H2,12,14,15). The molecule has 6 nitrogen and oxygen atoms in total. The summed E-state index contributed by atoms with van der Waals surface area (Å²) in [5.74, 6) is 3.45. The Balaban J connectivity index is 2.66. The lowest BCUT2D eigenvalue weighted by atomic mass is 10.3. The maximum absolute atomic E-state index is 5.88. The third-order valence-electron chi connectivity index (χ3n) is 2.60. The SMILES string of the molecule is CCc1nc(N)c(C)c(-n2nc(C)nc2C)n1. The van der Waals surface area contributed by atoms with Crippen LogP contribution in [0.15, 0.2) is 0 Å². The lowest BCUT2D eigenvalue weighted by molar-refractivity contribution is 0.774. The Bertz CT molecular complexity index is 557. The maximum atomic E-state index is 5.88. The van der Waals surface area contributed by atoms with Gasteiger partial charge in [0.1, 0.15) is 23.3 Å². The van der Waals surface area contributed by atoms with Gasteiger partial charge in [-0.15, -0.1) is 5.10 Å². The van der Waals surface area contributed by atoms with E-state index in [1.807, 2.05) is 27.7 Å². The van der Waals surface area contributed by atoms with E-state index >= 15 is 0 Å². The Morgan fingerprint density at radius 1 is 1.12 bits per heavy atom. The molecule has 0 aliphatic carbocycles. The zero-order valence-corrected chi connectivity index (χ0v) is 10.5. The summed E-state index contributed by atoms with van der Waals surface area (Å²) in [6.45, 7) is 7.63. The molecule has 2 aromatic rings. The summed E-state index contributed by atoms with van der Waals surface area (Å²) in [6, 6.07) is 0. The van der Waals surface area contributed by atoms with E-state index in [0.29, 0.717) is 11.6 Å². The third-order valence-corrected chi connectivity index (χ3v) is 2.60. The second kappa shape index (κ2) is 4.12. The molecular formula is C11H16N6. The molecule has 0 spiro atoms. The molecule has 90 valence electrons. The van der Waals surface area contributed by atoms with Crippen LogP contribution in [0.3, 0.4) is 0 Å². The number of hydrogen-bond acceptors (Lipinski definition) is 5. The fraction of sp³-hybridized carbons (Fsp3) is 0.455. The van der Waals surface area contributed by atoms with Gasteiger partial charge in [-0.05, 0) is 20.8 Å². The highest BCUT2D eigenvalue weighted by molar-refractivity contribution is 5.48. The van der Waals surface area contributed by atoms with Crippen LogP contribution in [-0.4, -0.2) is 24.7 Å². The second-order valence-corrected chi connectivity index (χ2v) is 3.95. The van der Waals surface area contributed by atoms with Gasteiger partial charge in [0.2, 0.25) is 0 Å². The van der Waals surface area contributed by atoms with Crippen molar-refractivity contribution in [3.8, 4) is 5.82 Å². The van der Waals surface area contributed by atoms with Crippen molar-refractivity contribution in [1.82, 2.24) is 24.7 Å². The first-order valence-corrected chi connectivity index (χ1v) is 5.56. The van der Waals surface area contributed by atoms with Gasteiger partial charge in [-0.1, -0.05) is 6.92 Å². The zero-order valence-electron chi connectivity index (χ0n) is 10.5. The Morgan fingerprint density at radius 3 is 2.35 bits per heavy atom. The van der Waals surface area contributed by atoms with Crippen LogP contribution >= 0.6 is 0 Å². The summed E-state index contributed by atoms with van der Waals surface area (Å²) in [7, 11) is 0. The van der Waals surface area contributed by atoms with Crippen LogP contribution in [0.4, 0.5) is 5.82 Å². The van der Waals surface area contributed by atoms with Gasteiger partial charge >= 0.3 is 0 Å². The molecule has 0 saturated carbocycles. The molecule has 0 radical (unpaired) electrons. The fourth-order valence-electron chi connectivity index (χ4n) is 1.65. The number of anilines is 1. The molecule has 0 aliphatic heterocycles. The largest absolute Gasteiger partial charge is 0.383 e. The highest BCUT2D eigenvalue weighted by Gasteiger charge is 2.13. The number of nitrogens with two attached hydrogens (primary N) is 1. The summed E-state index contributed by atoms with van der Waals surface area (Å²) in [5.41, 5.74) is 6.71. The molecule has 2 heterocycles. The van der Waals surface area contributed by atoms with E-state index in [2.05, 4.69) is 20.1 Å². The molecule has 2 rings (SSSR count). The van der Waals surface area contributed by atoms with E-state index in [4.69, 9.17) is 5.73 Å². The van der Waals surface area contributed by atoms with Crippen molar-refractivity contribution in [3.05, 3.63) is 23.0 Å². The summed E-state index contributed by atoms with van der Waals surface area (Å²) >= 11 is 0. The molecule has 0 bridgehead atoms. The maximum Gasteiger partial charge on any atom is 0.164 e. The van der Waals surface area contributed by atoms with E-state index < -0.39 is 0 Å². The highest BCUT2D eigenvalue weighted by atomic mass is 15.4.